The Bertz CT molecular complexity index is 1500. The molecule has 0 amide bonds. The van der Waals surface area contributed by atoms with Crippen LogP contribution in [0.4, 0.5) is 0 Å². The van der Waals surface area contributed by atoms with Crippen LogP contribution >= 0.6 is 0 Å². The highest BCUT2D eigenvalue weighted by atomic mass is 16.7. The first kappa shape index (κ1) is 30.9. The van der Waals surface area contributed by atoms with Crippen LogP contribution < -0.4 is 14.9 Å². The van der Waals surface area contributed by atoms with Gasteiger partial charge in [-0.15, -0.1) is 0 Å². The summed E-state index contributed by atoms with van der Waals surface area (Å²) in [6.45, 7) is -1.48. The molecule has 16 heteroatoms. The van der Waals surface area contributed by atoms with Gasteiger partial charge in [-0.25, -0.2) is 0 Å². The van der Waals surface area contributed by atoms with Gasteiger partial charge in [-0.1, -0.05) is 0 Å². The molecule has 10 N–H and O–H groups in total. The standard InChI is InChI=1S/C27H30O16/c28-7-17-20(33)22(35)24(37)26(42-17)39-10-4-15-19(13(32)6-14(40-15)9-1-2-11(30)12(31)3-9)16(5-10)41-27-25(38)23(36)21(34)18(8-29)43-27/h1-6,17-18,20-31,33-38H,7-8H2/t17-,18-,20-,21-,22+,23+,24-,25-,26?,27?/m1/s1. The average Bonchev–Trinajstić information content (AvgIpc) is 2.98. The smallest absolute Gasteiger partial charge is 0.229 e. The molecule has 10 atom stereocenters. The van der Waals surface area contributed by atoms with Crippen molar-refractivity contribution in [3.63, 3.8) is 0 Å². The molecule has 2 aliphatic heterocycles. The van der Waals surface area contributed by atoms with Crippen molar-refractivity contribution in [3.05, 3.63) is 46.6 Å². The van der Waals surface area contributed by atoms with E-state index in [9.17, 15) is 55.9 Å². The highest BCUT2D eigenvalue weighted by Crippen LogP contribution is 2.37. The molecule has 0 bridgehead atoms. The molecule has 2 fully saturated rings. The molecule has 0 spiro atoms. The summed E-state index contributed by atoms with van der Waals surface area (Å²) >= 11 is 0. The van der Waals surface area contributed by atoms with Crippen molar-refractivity contribution >= 4 is 11.0 Å². The van der Waals surface area contributed by atoms with Crippen molar-refractivity contribution in [2.45, 2.75) is 61.4 Å². The molecule has 1 aromatic heterocycles. The SMILES string of the molecule is O=c1cc(-c2ccc(O)c(O)c2)oc2cc(OC3O[C@H](CO)[C@@H](O)[C@H](O)[C@H]3O)cc(OC3O[C@H](CO)[C@@H](O)[C@H](O)[C@H]3O)c12. The Balaban J connectivity index is 1.59. The maximum atomic E-state index is 13.3. The zero-order chi connectivity index (χ0) is 31.2. The summed E-state index contributed by atoms with van der Waals surface area (Å²) in [6, 6.07) is 7.00. The van der Waals surface area contributed by atoms with Crippen LogP contribution in [0, 0.1) is 0 Å². The van der Waals surface area contributed by atoms with E-state index in [-0.39, 0.29) is 33.8 Å². The second kappa shape index (κ2) is 12.2. The summed E-state index contributed by atoms with van der Waals surface area (Å²) in [7, 11) is 0. The second-order valence-electron chi connectivity index (χ2n) is 10.1. The molecule has 43 heavy (non-hydrogen) atoms. The quantitative estimate of drug-likeness (QED) is 0.121. The van der Waals surface area contributed by atoms with Crippen LogP contribution in [-0.2, 0) is 9.47 Å². The molecule has 0 saturated carbocycles. The molecule has 3 aromatic rings. The van der Waals surface area contributed by atoms with Gasteiger partial charge in [0.1, 0.15) is 77.1 Å². The molecule has 3 heterocycles. The van der Waals surface area contributed by atoms with Crippen molar-refractivity contribution in [2.24, 2.45) is 0 Å². The summed E-state index contributed by atoms with van der Waals surface area (Å²) in [5, 5.41) is 99.8. The summed E-state index contributed by atoms with van der Waals surface area (Å²) in [5.41, 5.74) is -0.731. The number of rotatable bonds is 7. The van der Waals surface area contributed by atoms with E-state index in [2.05, 4.69) is 0 Å². The van der Waals surface area contributed by atoms with Gasteiger partial charge < -0.3 is 74.4 Å². The average molecular weight is 611 g/mol. The fourth-order valence-corrected chi connectivity index (χ4v) is 4.80. The van der Waals surface area contributed by atoms with Gasteiger partial charge >= 0.3 is 0 Å². The van der Waals surface area contributed by atoms with Crippen LogP contribution in [0.25, 0.3) is 22.3 Å². The predicted octanol–water partition coefficient (Wildman–Crippen LogP) is -2.77. The lowest BCUT2D eigenvalue weighted by molar-refractivity contribution is -0.278. The topological polar surface area (TPSA) is 269 Å². The molecule has 234 valence electrons. The third-order valence-corrected chi connectivity index (χ3v) is 7.22. The molecule has 2 unspecified atom stereocenters. The summed E-state index contributed by atoms with van der Waals surface area (Å²) in [4.78, 5) is 13.3. The monoisotopic (exact) mass is 610 g/mol. The van der Waals surface area contributed by atoms with Gasteiger partial charge in [0.25, 0.3) is 0 Å². The van der Waals surface area contributed by atoms with Crippen molar-refractivity contribution in [3.8, 4) is 34.3 Å². The molecular formula is C27H30O16. The van der Waals surface area contributed by atoms with Crippen molar-refractivity contribution in [1.82, 2.24) is 0 Å². The van der Waals surface area contributed by atoms with E-state index >= 15 is 0 Å². The Morgan fingerprint density at radius 3 is 1.81 bits per heavy atom. The highest BCUT2D eigenvalue weighted by molar-refractivity contribution is 5.86. The number of phenols is 2. The molecule has 0 radical (unpaired) electrons. The second-order valence-corrected chi connectivity index (χ2v) is 10.1. The summed E-state index contributed by atoms with van der Waals surface area (Å²) < 4.78 is 28.1. The number of fused-ring (bicyclic) bond motifs is 1. The number of benzene rings is 2. The number of aliphatic hydroxyl groups excluding tert-OH is 8. The maximum Gasteiger partial charge on any atom is 0.229 e. The van der Waals surface area contributed by atoms with Crippen LogP contribution in [0.5, 0.6) is 23.0 Å². The predicted molar refractivity (Wildman–Crippen MR) is 140 cm³/mol. The Morgan fingerprint density at radius 2 is 1.26 bits per heavy atom. The lowest BCUT2D eigenvalue weighted by atomic mass is 9.99. The number of aromatic hydroxyl groups is 2. The Morgan fingerprint density at radius 1 is 0.674 bits per heavy atom. The van der Waals surface area contributed by atoms with Gasteiger partial charge in [0.05, 0.1) is 13.2 Å². The molecule has 16 nitrogen and oxygen atoms in total. The van der Waals surface area contributed by atoms with E-state index in [1.807, 2.05) is 0 Å². The number of hydrogen-bond acceptors (Lipinski definition) is 16. The minimum Gasteiger partial charge on any atom is -0.504 e. The zero-order valence-corrected chi connectivity index (χ0v) is 22.1. The third-order valence-electron chi connectivity index (χ3n) is 7.22. The van der Waals surface area contributed by atoms with Crippen LogP contribution in [0.2, 0.25) is 0 Å². The first-order chi connectivity index (χ1) is 20.4. The lowest BCUT2D eigenvalue weighted by Crippen LogP contribution is -2.60. The molecule has 2 aromatic carbocycles. The fraction of sp³-hybridized carbons (Fsp3) is 0.444. The maximum absolute atomic E-state index is 13.3. The van der Waals surface area contributed by atoms with E-state index < -0.39 is 91.6 Å². The van der Waals surface area contributed by atoms with E-state index in [4.69, 9.17) is 23.4 Å². The van der Waals surface area contributed by atoms with E-state index in [0.29, 0.717) is 0 Å². The van der Waals surface area contributed by atoms with Crippen molar-refractivity contribution < 1.29 is 74.4 Å². The molecule has 5 rings (SSSR count). The highest BCUT2D eigenvalue weighted by Gasteiger charge is 2.46. The van der Waals surface area contributed by atoms with E-state index in [1.54, 1.807) is 0 Å². The van der Waals surface area contributed by atoms with Crippen LogP contribution in [0.3, 0.4) is 0 Å². The lowest BCUT2D eigenvalue weighted by Gasteiger charge is -2.40. The molecular weight excluding hydrogens is 580 g/mol. The molecule has 0 aliphatic carbocycles. The van der Waals surface area contributed by atoms with Gasteiger partial charge in [0.15, 0.2) is 16.9 Å². The van der Waals surface area contributed by atoms with Gasteiger partial charge in [-0.05, 0) is 18.2 Å². The molecule has 2 saturated heterocycles. The zero-order valence-electron chi connectivity index (χ0n) is 22.1. The van der Waals surface area contributed by atoms with Crippen LogP contribution in [0.15, 0.2) is 45.6 Å². The number of aliphatic hydroxyl groups is 8. The number of phenolic OH excluding ortho intramolecular Hbond substituents is 2. The Labute approximate surface area is 241 Å². The molecule has 2 aliphatic rings. The minimum atomic E-state index is -1.85. The van der Waals surface area contributed by atoms with Crippen LogP contribution in [0.1, 0.15) is 0 Å². The fourth-order valence-electron chi connectivity index (χ4n) is 4.80. The first-order valence-corrected chi connectivity index (χ1v) is 13.0. The van der Waals surface area contributed by atoms with Gasteiger partial charge in [0, 0.05) is 23.8 Å². The largest absolute Gasteiger partial charge is 0.504 e. The van der Waals surface area contributed by atoms with E-state index in [0.717, 1.165) is 18.2 Å². The van der Waals surface area contributed by atoms with Crippen molar-refractivity contribution in [1.29, 1.82) is 0 Å². The summed E-state index contributed by atoms with van der Waals surface area (Å²) in [6.07, 6.45) is -16.6. The summed E-state index contributed by atoms with van der Waals surface area (Å²) in [5.74, 6) is -1.55. The normalized spacial score (nSPS) is 32.9. The number of hydrogen-bond donors (Lipinski definition) is 10. The van der Waals surface area contributed by atoms with Gasteiger partial charge in [-0.2, -0.15) is 0 Å². The Hall–Kier alpha value is -3.55. The van der Waals surface area contributed by atoms with Gasteiger partial charge in [-0.3, -0.25) is 4.79 Å². The number of ether oxygens (including phenoxy) is 4. The van der Waals surface area contributed by atoms with Crippen molar-refractivity contribution in [2.75, 3.05) is 13.2 Å². The third kappa shape index (κ3) is 5.85. The first-order valence-electron chi connectivity index (χ1n) is 13.0. The Kier molecular flexibility index (Phi) is 8.77. The van der Waals surface area contributed by atoms with Gasteiger partial charge in [0.2, 0.25) is 12.6 Å². The minimum absolute atomic E-state index is 0.0726. The van der Waals surface area contributed by atoms with E-state index in [1.165, 1.54) is 18.2 Å². The van der Waals surface area contributed by atoms with Crippen LogP contribution in [-0.4, -0.2) is 126 Å².